The number of rotatable bonds is 2. The average Bonchev–Trinajstić information content (AvgIpc) is 2.49. The molecule has 3 amide bonds. The molecule has 1 N–H and O–H groups in total. The minimum absolute atomic E-state index is 0.142. The van der Waals surface area contributed by atoms with Crippen LogP contribution >= 0.6 is 0 Å². The summed E-state index contributed by atoms with van der Waals surface area (Å²) in [5.41, 5.74) is 1.73. The Bertz CT molecular complexity index is 546. The number of anilines is 1. The Morgan fingerprint density at radius 1 is 1.05 bits per heavy atom. The van der Waals surface area contributed by atoms with Crippen LogP contribution in [-0.2, 0) is 4.79 Å². The lowest BCUT2D eigenvalue weighted by Crippen LogP contribution is -2.63. The van der Waals surface area contributed by atoms with Crippen molar-refractivity contribution in [2.45, 2.75) is 19.5 Å². The Kier molecular flexibility index (Phi) is 4.13. The number of imide groups is 1. The van der Waals surface area contributed by atoms with Crippen molar-refractivity contribution in [1.29, 1.82) is 0 Å². The molecule has 6 heteroatoms. The lowest BCUT2D eigenvalue weighted by Gasteiger charge is -2.41. The fraction of sp³-hybridized carbons (Fsp3) is 0.500. The minimum atomic E-state index is -0.330. The van der Waals surface area contributed by atoms with Crippen LogP contribution in [-0.4, -0.2) is 61.1 Å². The number of nitrogens with one attached hydrogen (secondary N) is 1. The van der Waals surface area contributed by atoms with Crippen molar-refractivity contribution in [3.8, 4) is 0 Å². The maximum Gasteiger partial charge on any atom is 0.329 e. The number of nitrogens with zero attached hydrogens (tertiary/aromatic N) is 3. The van der Waals surface area contributed by atoms with Gasteiger partial charge in [0, 0.05) is 26.2 Å². The van der Waals surface area contributed by atoms with Gasteiger partial charge in [-0.15, -0.1) is 0 Å². The number of aryl methyl sites for hydroxylation is 1. The molecule has 2 aliphatic rings. The van der Waals surface area contributed by atoms with Crippen LogP contribution in [0, 0.1) is 6.92 Å². The van der Waals surface area contributed by atoms with Crippen molar-refractivity contribution in [2.75, 3.05) is 38.1 Å². The van der Waals surface area contributed by atoms with Crippen LogP contribution in [0.15, 0.2) is 24.3 Å². The van der Waals surface area contributed by atoms with E-state index in [4.69, 9.17) is 0 Å². The SMILES string of the molecule is Cc1ccc(N2C(=O)CC(N3CCN(C)CC3)NC2=O)cc1. The van der Waals surface area contributed by atoms with E-state index in [9.17, 15) is 9.59 Å². The quantitative estimate of drug-likeness (QED) is 0.886. The van der Waals surface area contributed by atoms with E-state index in [0.717, 1.165) is 31.7 Å². The molecule has 2 heterocycles. The smallest absolute Gasteiger partial charge is 0.321 e. The highest BCUT2D eigenvalue weighted by atomic mass is 16.2. The number of benzene rings is 1. The fourth-order valence-corrected chi connectivity index (χ4v) is 2.94. The van der Waals surface area contributed by atoms with Gasteiger partial charge < -0.3 is 10.2 Å². The highest BCUT2D eigenvalue weighted by Gasteiger charge is 2.36. The molecule has 0 bridgehead atoms. The van der Waals surface area contributed by atoms with Gasteiger partial charge in [0.1, 0.15) is 0 Å². The molecule has 0 spiro atoms. The molecule has 22 heavy (non-hydrogen) atoms. The number of carbonyl (C=O) groups is 2. The molecule has 2 aliphatic heterocycles. The summed E-state index contributed by atoms with van der Waals surface area (Å²) in [5.74, 6) is -0.142. The average molecular weight is 302 g/mol. The van der Waals surface area contributed by atoms with Crippen LogP contribution in [0.25, 0.3) is 0 Å². The number of carbonyl (C=O) groups excluding carboxylic acids is 2. The number of piperazine rings is 1. The molecule has 3 rings (SSSR count). The van der Waals surface area contributed by atoms with Gasteiger partial charge in [-0.2, -0.15) is 0 Å². The molecule has 0 radical (unpaired) electrons. The third-order valence-corrected chi connectivity index (χ3v) is 4.38. The van der Waals surface area contributed by atoms with Crippen molar-refractivity contribution >= 4 is 17.6 Å². The van der Waals surface area contributed by atoms with Gasteiger partial charge >= 0.3 is 6.03 Å². The van der Waals surface area contributed by atoms with Gasteiger partial charge in [-0.1, -0.05) is 17.7 Å². The Morgan fingerprint density at radius 3 is 2.27 bits per heavy atom. The molecule has 2 saturated heterocycles. The molecule has 0 aliphatic carbocycles. The molecule has 2 fully saturated rings. The van der Waals surface area contributed by atoms with Gasteiger partial charge in [0.15, 0.2) is 0 Å². The van der Waals surface area contributed by atoms with Gasteiger partial charge in [0.25, 0.3) is 0 Å². The molecule has 0 aromatic heterocycles. The molecule has 0 saturated carbocycles. The van der Waals surface area contributed by atoms with E-state index in [2.05, 4.69) is 22.2 Å². The van der Waals surface area contributed by atoms with E-state index in [1.807, 2.05) is 31.2 Å². The normalized spacial score (nSPS) is 24.5. The lowest BCUT2D eigenvalue weighted by molar-refractivity contribution is -0.120. The highest BCUT2D eigenvalue weighted by molar-refractivity contribution is 6.16. The summed E-state index contributed by atoms with van der Waals surface area (Å²) < 4.78 is 0. The third-order valence-electron chi connectivity index (χ3n) is 4.38. The summed E-state index contributed by atoms with van der Waals surface area (Å²) in [6.45, 7) is 5.65. The van der Waals surface area contributed by atoms with E-state index < -0.39 is 0 Å². The van der Waals surface area contributed by atoms with E-state index in [1.165, 1.54) is 4.90 Å². The van der Waals surface area contributed by atoms with Crippen LogP contribution in [0.3, 0.4) is 0 Å². The standard InChI is InChI=1S/C16H22N4O2/c1-12-3-5-13(6-4-12)20-15(21)11-14(17-16(20)22)19-9-7-18(2)8-10-19/h3-6,14H,7-11H2,1-2H3,(H,17,22). The second-order valence-electron chi connectivity index (χ2n) is 6.07. The zero-order valence-corrected chi connectivity index (χ0v) is 13.1. The Morgan fingerprint density at radius 2 is 1.68 bits per heavy atom. The number of amides is 3. The number of urea groups is 1. The first-order valence-electron chi connectivity index (χ1n) is 7.67. The molecule has 1 unspecified atom stereocenters. The molecule has 1 aromatic rings. The van der Waals surface area contributed by atoms with Crippen molar-refractivity contribution in [3.05, 3.63) is 29.8 Å². The van der Waals surface area contributed by atoms with Gasteiger partial charge in [-0.25, -0.2) is 9.69 Å². The van der Waals surface area contributed by atoms with Crippen molar-refractivity contribution in [3.63, 3.8) is 0 Å². The molecule has 118 valence electrons. The minimum Gasteiger partial charge on any atom is -0.321 e. The summed E-state index contributed by atoms with van der Waals surface area (Å²) in [6.07, 6.45) is 0.138. The maximum absolute atomic E-state index is 12.4. The monoisotopic (exact) mass is 302 g/mol. The zero-order chi connectivity index (χ0) is 15.7. The van der Waals surface area contributed by atoms with Gasteiger partial charge in [-0.3, -0.25) is 9.69 Å². The number of likely N-dealkylation sites (N-methyl/N-ethyl adjacent to an activating group) is 1. The van der Waals surface area contributed by atoms with E-state index in [1.54, 1.807) is 0 Å². The molecular weight excluding hydrogens is 280 g/mol. The van der Waals surface area contributed by atoms with E-state index in [-0.39, 0.29) is 18.1 Å². The number of hydrogen-bond donors (Lipinski definition) is 1. The van der Waals surface area contributed by atoms with Gasteiger partial charge in [0.2, 0.25) is 5.91 Å². The molecule has 6 nitrogen and oxygen atoms in total. The topological polar surface area (TPSA) is 55.9 Å². The van der Waals surface area contributed by atoms with Crippen molar-refractivity contribution in [2.24, 2.45) is 0 Å². The highest BCUT2D eigenvalue weighted by Crippen LogP contribution is 2.21. The van der Waals surface area contributed by atoms with Crippen LogP contribution in [0.1, 0.15) is 12.0 Å². The summed E-state index contributed by atoms with van der Waals surface area (Å²) in [4.78, 5) is 30.5. The van der Waals surface area contributed by atoms with Gasteiger partial charge in [-0.05, 0) is 26.1 Å². The van der Waals surface area contributed by atoms with Crippen molar-refractivity contribution in [1.82, 2.24) is 15.1 Å². The van der Waals surface area contributed by atoms with Crippen LogP contribution in [0.4, 0.5) is 10.5 Å². The van der Waals surface area contributed by atoms with E-state index >= 15 is 0 Å². The molecule has 1 atom stereocenters. The van der Waals surface area contributed by atoms with Gasteiger partial charge in [0.05, 0.1) is 18.3 Å². The summed E-state index contributed by atoms with van der Waals surface area (Å²) >= 11 is 0. The predicted octanol–water partition coefficient (Wildman–Crippen LogP) is 1.01. The second-order valence-corrected chi connectivity index (χ2v) is 6.07. The summed E-state index contributed by atoms with van der Waals surface area (Å²) in [7, 11) is 2.08. The summed E-state index contributed by atoms with van der Waals surface area (Å²) in [5, 5.41) is 2.97. The zero-order valence-electron chi connectivity index (χ0n) is 13.1. The number of hydrogen-bond acceptors (Lipinski definition) is 4. The Hall–Kier alpha value is -1.92. The first-order valence-corrected chi connectivity index (χ1v) is 7.67. The molecular formula is C16H22N4O2. The predicted molar refractivity (Wildman–Crippen MR) is 84.7 cm³/mol. The fourth-order valence-electron chi connectivity index (χ4n) is 2.94. The summed E-state index contributed by atoms with van der Waals surface area (Å²) in [6, 6.07) is 7.10. The first kappa shape index (κ1) is 15.0. The second kappa shape index (κ2) is 6.06. The third kappa shape index (κ3) is 2.98. The Labute approximate surface area is 130 Å². The van der Waals surface area contributed by atoms with Crippen LogP contribution in [0.2, 0.25) is 0 Å². The van der Waals surface area contributed by atoms with Crippen molar-refractivity contribution < 1.29 is 9.59 Å². The molecule has 1 aromatic carbocycles. The largest absolute Gasteiger partial charge is 0.329 e. The lowest BCUT2D eigenvalue weighted by atomic mass is 10.1. The van der Waals surface area contributed by atoms with Crippen LogP contribution < -0.4 is 10.2 Å². The van der Waals surface area contributed by atoms with Crippen LogP contribution in [0.5, 0.6) is 0 Å². The van der Waals surface area contributed by atoms with E-state index in [0.29, 0.717) is 12.1 Å². The maximum atomic E-state index is 12.4. The first-order chi connectivity index (χ1) is 10.5. The Balaban J connectivity index is 1.70.